The molecule has 0 unspecified atom stereocenters. The summed E-state index contributed by atoms with van der Waals surface area (Å²) in [6, 6.07) is 0. The number of hydrogen-bond donors (Lipinski definition) is 1. The number of nitrogens with one attached hydrogen (secondary N) is 1. The Morgan fingerprint density at radius 1 is 0.920 bits per heavy atom. The average Bonchev–Trinajstić information content (AvgIpc) is 2.98. The summed E-state index contributed by atoms with van der Waals surface area (Å²) in [4.78, 5) is 28.5. The summed E-state index contributed by atoms with van der Waals surface area (Å²) in [6.07, 6.45) is 4.16. The van der Waals surface area contributed by atoms with Crippen LogP contribution in [-0.4, -0.2) is 31.8 Å². The summed E-state index contributed by atoms with van der Waals surface area (Å²) in [5.74, 6) is 0.852. The summed E-state index contributed by atoms with van der Waals surface area (Å²) >= 11 is 0. The maximum atomic E-state index is 12.2. The number of aryl methyl sites for hydroxylation is 3. The zero-order valence-electron chi connectivity index (χ0n) is 16.6. The summed E-state index contributed by atoms with van der Waals surface area (Å²) < 4.78 is 4.49. The Hall–Kier alpha value is -1.89. The lowest BCUT2D eigenvalue weighted by molar-refractivity contribution is 0.651. The summed E-state index contributed by atoms with van der Waals surface area (Å²) in [7, 11) is 3.14. The van der Waals surface area contributed by atoms with Gasteiger partial charge in [-0.25, -0.2) is 9.78 Å². The third kappa shape index (κ3) is 4.81. The maximum Gasteiger partial charge on any atom is 0.332 e. The van der Waals surface area contributed by atoms with Gasteiger partial charge in [0.1, 0.15) is 5.82 Å². The molecule has 7 nitrogen and oxygen atoms in total. The molecule has 0 aromatic carbocycles. The Labute approximate surface area is 149 Å². The minimum atomic E-state index is -0.337. The molecule has 2 aromatic rings. The number of nitrogens with zero attached hydrogens (tertiary/aromatic N) is 4. The molecule has 1 N–H and O–H groups in total. The van der Waals surface area contributed by atoms with E-state index in [1.54, 1.807) is 7.05 Å². The summed E-state index contributed by atoms with van der Waals surface area (Å²) in [6.45, 7) is 11.5. The van der Waals surface area contributed by atoms with Crippen LogP contribution in [0.1, 0.15) is 52.8 Å². The van der Waals surface area contributed by atoms with E-state index >= 15 is 0 Å². The molecule has 0 aliphatic rings. The van der Waals surface area contributed by atoms with Crippen molar-refractivity contribution in [2.45, 2.75) is 59.9 Å². The molecule has 0 saturated heterocycles. The third-order valence-corrected chi connectivity index (χ3v) is 4.04. The highest BCUT2D eigenvalue weighted by molar-refractivity contribution is 5.71. The van der Waals surface area contributed by atoms with Crippen LogP contribution in [0.5, 0.6) is 0 Å². The average molecular weight is 351 g/mol. The van der Waals surface area contributed by atoms with E-state index in [-0.39, 0.29) is 11.2 Å². The van der Waals surface area contributed by atoms with Gasteiger partial charge >= 0.3 is 5.69 Å². The number of fused-ring (bicyclic) bond motifs is 1. The molecule has 0 saturated carbocycles. The minimum absolute atomic E-state index is 0.270. The van der Waals surface area contributed by atoms with Gasteiger partial charge in [-0.15, -0.1) is 0 Å². The van der Waals surface area contributed by atoms with Crippen molar-refractivity contribution >= 4 is 11.2 Å². The van der Waals surface area contributed by atoms with Crippen molar-refractivity contribution in [1.82, 2.24) is 24.0 Å². The van der Waals surface area contributed by atoms with Gasteiger partial charge in [0.15, 0.2) is 11.2 Å². The minimum Gasteiger partial charge on any atom is -0.322 e. The fourth-order valence-electron chi connectivity index (χ4n) is 2.70. The van der Waals surface area contributed by atoms with Gasteiger partial charge in [-0.3, -0.25) is 13.9 Å². The molecule has 0 aliphatic carbocycles. The Kier molecular flexibility index (Phi) is 8.61. The molecule has 2 heterocycles. The second-order valence-corrected chi connectivity index (χ2v) is 6.16. The SMILES string of the molecule is CCCNCCC.CCCn1c(CC)nc2c1c(=O)n(C)c(=O)n2C. The number of aromatic nitrogens is 4. The van der Waals surface area contributed by atoms with Crippen molar-refractivity contribution in [3.8, 4) is 0 Å². The van der Waals surface area contributed by atoms with Gasteiger partial charge in [-0.05, 0) is 32.4 Å². The highest BCUT2D eigenvalue weighted by Crippen LogP contribution is 2.12. The number of imidazole rings is 1. The van der Waals surface area contributed by atoms with E-state index in [2.05, 4.69) is 31.1 Å². The molecule has 0 aliphatic heterocycles. The molecule has 0 spiro atoms. The molecule has 0 fully saturated rings. The molecule has 0 radical (unpaired) electrons. The van der Waals surface area contributed by atoms with Gasteiger partial charge in [0.25, 0.3) is 5.56 Å². The molecule has 25 heavy (non-hydrogen) atoms. The van der Waals surface area contributed by atoms with Crippen LogP contribution in [0.2, 0.25) is 0 Å². The zero-order chi connectivity index (χ0) is 19.0. The van der Waals surface area contributed by atoms with Crippen LogP contribution in [0.25, 0.3) is 11.2 Å². The molecule has 0 atom stereocenters. The zero-order valence-corrected chi connectivity index (χ0v) is 16.6. The van der Waals surface area contributed by atoms with Crippen molar-refractivity contribution < 1.29 is 0 Å². The Bertz CT molecular complexity index is 781. The van der Waals surface area contributed by atoms with Gasteiger partial charge < -0.3 is 9.88 Å². The van der Waals surface area contributed by atoms with E-state index in [9.17, 15) is 9.59 Å². The molecular weight excluding hydrogens is 318 g/mol. The van der Waals surface area contributed by atoms with E-state index in [1.807, 2.05) is 11.5 Å². The van der Waals surface area contributed by atoms with E-state index in [1.165, 1.54) is 37.5 Å². The second kappa shape index (κ2) is 10.2. The Morgan fingerprint density at radius 3 is 2.00 bits per heavy atom. The normalized spacial score (nSPS) is 10.8. The lowest BCUT2D eigenvalue weighted by Gasteiger charge is -2.06. The molecule has 0 amide bonds. The van der Waals surface area contributed by atoms with Gasteiger partial charge in [-0.2, -0.15) is 0 Å². The first-order chi connectivity index (χ1) is 11.9. The predicted octanol–water partition coefficient (Wildman–Crippen LogP) is 1.80. The lowest BCUT2D eigenvalue weighted by Crippen LogP contribution is -2.37. The van der Waals surface area contributed by atoms with E-state index in [4.69, 9.17) is 0 Å². The Balaban J connectivity index is 0.000000381. The first kappa shape index (κ1) is 21.2. The molecule has 0 bridgehead atoms. The van der Waals surface area contributed by atoms with Crippen LogP contribution in [0, 0.1) is 0 Å². The number of hydrogen-bond acceptors (Lipinski definition) is 4. The van der Waals surface area contributed by atoms with Crippen molar-refractivity contribution in [2.24, 2.45) is 14.1 Å². The third-order valence-electron chi connectivity index (χ3n) is 4.04. The smallest absolute Gasteiger partial charge is 0.322 e. The maximum absolute atomic E-state index is 12.2. The highest BCUT2D eigenvalue weighted by Gasteiger charge is 2.17. The van der Waals surface area contributed by atoms with Gasteiger partial charge in [0, 0.05) is 27.1 Å². The molecular formula is C18H33N5O2. The fraction of sp³-hybridized carbons (Fsp3) is 0.722. The van der Waals surface area contributed by atoms with Crippen molar-refractivity contribution in [3.05, 3.63) is 26.7 Å². The topological polar surface area (TPSA) is 73.8 Å². The lowest BCUT2D eigenvalue weighted by atomic mass is 10.4. The molecule has 2 aromatic heterocycles. The van der Waals surface area contributed by atoms with Crippen LogP contribution in [0.15, 0.2) is 9.59 Å². The summed E-state index contributed by atoms with van der Waals surface area (Å²) in [5, 5.41) is 3.28. The highest BCUT2D eigenvalue weighted by atomic mass is 16.2. The largest absolute Gasteiger partial charge is 0.332 e. The molecule has 2 rings (SSSR count). The first-order valence-electron chi connectivity index (χ1n) is 9.30. The Morgan fingerprint density at radius 2 is 1.52 bits per heavy atom. The van der Waals surface area contributed by atoms with Crippen LogP contribution < -0.4 is 16.6 Å². The van der Waals surface area contributed by atoms with Crippen LogP contribution in [0.4, 0.5) is 0 Å². The van der Waals surface area contributed by atoms with Gasteiger partial charge in [0.2, 0.25) is 0 Å². The fourth-order valence-corrected chi connectivity index (χ4v) is 2.70. The van der Waals surface area contributed by atoms with Crippen LogP contribution in [0.3, 0.4) is 0 Å². The molecule has 7 heteroatoms. The monoisotopic (exact) mass is 351 g/mol. The standard InChI is InChI=1S/C12H18N4O2.C6H15N/c1-5-7-16-8(6-2)13-10-9(16)11(17)15(4)12(18)14(10)3;1-3-5-7-6-4-2/h5-7H2,1-4H3;7H,3-6H2,1-2H3. The predicted molar refractivity (Wildman–Crippen MR) is 103 cm³/mol. The van der Waals surface area contributed by atoms with Gasteiger partial charge in [-0.1, -0.05) is 27.7 Å². The number of rotatable bonds is 7. The summed E-state index contributed by atoms with van der Waals surface area (Å²) in [5.41, 5.74) is 0.400. The van der Waals surface area contributed by atoms with E-state index in [0.717, 1.165) is 29.8 Å². The quantitative estimate of drug-likeness (QED) is 0.772. The van der Waals surface area contributed by atoms with Crippen molar-refractivity contribution in [3.63, 3.8) is 0 Å². The van der Waals surface area contributed by atoms with E-state index in [0.29, 0.717) is 11.2 Å². The van der Waals surface area contributed by atoms with Crippen molar-refractivity contribution in [2.75, 3.05) is 13.1 Å². The first-order valence-corrected chi connectivity index (χ1v) is 9.30. The van der Waals surface area contributed by atoms with Crippen molar-refractivity contribution in [1.29, 1.82) is 0 Å². The van der Waals surface area contributed by atoms with Crippen LogP contribution in [-0.2, 0) is 27.1 Å². The van der Waals surface area contributed by atoms with E-state index < -0.39 is 0 Å². The van der Waals surface area contributed by atoms with Crippen LogP contribution >= 0.6 is 0 Å². The van der Waals surface area contributed by atoms with Gasteiger partial charge in [0.05, 0.1) is 0 Å². The molecule has 142 valence electrons. The second-order valence-electron chi connectivity index (χ2n) is 6.16.